The van der Waals surface area contributed by atoms with Gasteiger partial charge in [0.2, 0.25) is 5.91 Å². The van der Waals surface area contributed by atoms with Crippen LogP contribution in [0.5, 0.6) is 0 Å². The first-order chi connectivity index (χ1) is 12.1. The molecular weight excluding hydrogens is 357 g/mol. The van der Waals surface area contributed by atoms with Gasteiger partial charge in [0.05, 0.1) is 5.56 Å². The van der Waals surface area contributed by atoms with Gasteiger partial charge >= 0.3 is 0 Å². The van der Waals surface area contributed by atoms with Crippen LogP contribution in [0.1, 0.15) is 60.9 Å². The molecule has 0 radical (unpaired) electrons. The van der Waals surface area contributed by atoms with Crippen molar-refractivity contribution in [3.63, 3.8) is 0 Å². The van der Waals surface area contributed by atoms with Gasteiger partial charge in [-0.15, -0.1) is 12.4 Å². The van der Waals surface area contributed by atoms with Crippen molar-refractivity contribution in [2.45, 2.75) is 57.4 Å². The molecule has 0 aromatic heterocycles. The summed E-state index contributed by atoms with van der Waals surface area (Å²) in [5.41, 5.74) is 1.33. The Morgan fingerprint density at radius 3 is 2.58 bits per heavy atom. The first-order valence-electron chi connectivity index (χ1n) is 9.27. The Morgan fingerprint density at radius 1 is 1.12 bits per heavy atom. The normalized spacial score (nSPS) is 17.5. The van der Waals surface area contributed by atoms with E-state index in [0.717, 1.165) is 5.56 Å². The van der Waals surface area contributed by atoms with Crippen LogP contribution in [0.3, 0.4) is 0 Å². The molecular formula is C19H27ClFN3O2. The van der Waals surface area contributed by atoms with E-state index in [1.54, 1.807) is 6.07 Å². The highest BCUT2D eigenvalue weighted by Gasteiger charge is 2.20. The Labute approximate surface area is 159 Å². The average molecular weight is 384 g/mol. The van der Waals surface area contributed by atoms with Crippen LogP contribution in [-0.4, -0.2) is 30.9 Å². The number of rotatable bonds is 5. The highest BCUT2D eigenvalue weighted by atomic mass is 35.5. The minimum absolute atomic E-state index is 0. The molecule has 1 fully saturated rings. The highest BCUT2D eigenvalue weighted by molar-refractivity contribution is 5.98. The van der Waals surface area contributed by atoms with Gasteiger partial charge in [-0.25, -0.2) is 4.39 Å². The van der Waals surface area contributed by atoms with E-state index in [-0.39, 0.29) is 23.9 Å². The van der Waals surface area contributed by atoms with Crippen molar-refractivity contribution in [3.05, 3.63) is 29.1 Å². The quantitative estimate of drug-likeness (QED) is 0.540. The summed E-state index contributed by atoms with van der Waals surface area (Å²) in [7, 11) is 0. The largest absolute Gasteiger partial charge is 0.351 e. The van der Waals surface area contributed by atoms with Crippen LogP contribution in [0, 0.1) is 5.82 Å². The summed E-state index contributed by atoms with van der Waals surface area (Å²) in [6.45, 7) is 1.17. The molecule has 26 heavy (non-hydrogen) atoms. The van der Waals surface area contributed by atoms with Crippen LogP contribution >= 0.6 is 12.4 Å². The van der Waals surface area contributed by atoms with Crippen molar-refractivity contribution in [2.75, 3.05) is 18.4 Å². The van der Waals surface area contributed by atoms with E-state index in [2.05, 4.69) is 16.0 Å². The van der Waals surface area contributed by atoms with Crippen LogP contribution in [0.25, 0.3) is 0 Å². The maximum atomic E-state index is 14.2. The van der Waals surface area contributed by atoms with Gasteiger partial charge in [-0.2, -0.15) is 0 Å². The summed E-state index contributed by atoms with van der Waals surface area (Å²) in [4.78, 5) is 23.6. The molecule has 0 bridgehead atoms. The summed E-state index contributed by atoms with van der Waals surface area (Å²) in [5.74, 6) is -1.12. The summed E-state index contributed by atoms with van der Waals surface area (Å²) in [6.07, 6.45) is 8.44. The molecule has 0 unspecified atom stereocenters. The lowest BCUT2D eigenvalue weighted by Gasteiger charge is -2.18. The lowest BCUT2D eigenvalue weighted by atomic mass is 9.99. The molecule has 7 heteroatoms. The second-order valence-electron chi connectivity index (χ2n) is 6.94. The van der Waals surface area contributed by atoms with E-state index in [0.29, 0.717) is 37.7 Å². The van der Waals surface area contributed by atoms with Crippen molar-refractivity contribution in [2.24, 2.45) is 0 Å². The third kappa shape index (κ3) is 5.42. The number of carbonyl (C=O) groups excluding carboxylic acids is 2. The second-order valence-corrected chi connectivity index (χ2v) is 6.94. The van der Waals surface area contributed by atoms with Gasteiger partial charge < -0.3 is 16.0 Å². The molecule has 1 aromatic rings. The Kier molecular flexibility index (Phi) is 7.85. The number of hydrogen-bond donors (Lipinski definition) is 3. The highest BCUT2D eigenvalue weighted by Crippen LogP contribution is 2.25. The summed E-state index contributed by atoms with van der Waals surface area (Å²) in [5, 5.41) is 8.90. The molecule has 0 spiro atoms. The van der Waals surface area contributed by atoms with Gasteiger partial charge in [0.1, 0.15) is 5.82 Å². The number of carbonyl (C=O) groups is 2. The van der Waals surface area contributed by atoms with Gasteiger partial charge in [-0.05, 0) is 37.0 Å². The van der Waals surface area contributed by atoms with E-state index >= 15 is 0 Å². The Balaban J connectivity index is 0.00000243. The standard InChI is InChI=1S/C19H26FN3O2.ClH/c20-16-12-17-13(7-8-18(24)23-17)11-15(16)19(25)22-10-9-21-14-5-3-1-2-4-6-14;/h11-12,14,21H,1-10H2,(H,22,25)(H,23,24);1H. The number of halogens is 2. The first kappa shape index (κ1) is 20.6. The lowest BCUT2D eigenvalue weighted by molar-refractivity contribution is -0.116. The number of fused-ring (bicyclic) bond motifs is 1. The molecule has 2 aliphatic rings. The fourth-order valence-electron chi connectivity index (χ4n) is 3.61. The average Bonchev–Trinajstić information content (AvgIpc) is 2.86. The van der Waals surface area contributed by atoms with Crippen LogP contribution in [-0.2, 0) is 11.2 Å². The fraction of sp³-hybridized carbons (Fsp3) is 0.579. The van der Waals surface area contributed by atoms with Crippen molar-refractivity contribution >= 4 is 29.9 Å². The SMILES string of the molecule is Cl.O=C1CCc2cc(C(=O)NCCNC3CCCCCC3)c(F)cc2N1. The van der Waals surface area contributed by atoms with Crippen molar-refractivity contribution in [3.8, 4) is 0 Å². The van der Waals surface area contributed by atoms with Crippen LogP contribution < -0.4 is 16.0 Å². The third-order valence-corrected chi connectivity index (χ3v) is 5.03. The smallest absolute Gasteiger partial charge is 0.254 e. The van der Waals surface area contributed by atoms with E-state index in [4.69, 9.17) is 0 Å². The molecule has 3 rings (SSSR count). The van der Waals surface area contributed by atoms with E-state index in [1.165, 1.54) is 44.6 Å². The van der Waals surface area contributed by atoms with Crippen molar-refractivity contribution in [1.82, 2.24) is 10.6 Å². The molecule has 5 nitrogen and oxygen atoms in total. The van der Waals surface area contributed by atoms with Gasteiger partial charge in [0.15, 0.2) is 0 Å². The zero-order valence-corrected chi connectivity index (χ0v) is 15.7. The topological polar surface area (TPSA) is 70.2 Å². The van der Waals surface area contributed by atoms with E-state index < -0.39 is 11.7 Å². The Bertz CT molecular complexity index is 646. The molecule has 1 aliphatic carbocycles. The first-order valence-corrected chi connectivity index (χ1v) is 9.27. The zero-order valence-electron chi connectivity index (χ0n) is 14.9. The Hall–Kier alpha value is -1.66. The van der Waals surface area contributed by atoms with Gasteiger partial charge in [-0.3, -0.25) is 9.59 Å². The van der Waals surface area contributed by atoms with Gasteiger partial charge in [-0.1, -0.05) is 25.7 Å². The van der Waals surface area contributed by atoms with Gasteiger partial charge in [0, 0.05) is 31.2 Å². The molecule has 1 heterocycles. The molecule has 1 saturated carbocycles. The van der Waals surface area contributed by atoms with Crippen LogP contribution in [0.4, 0.5) is 10.1 Å². The number of aryl methyl sites for hydroxylation is 1. The zero-order chi connectivity index (χ0) is 17.6. The number of benzene rings is 1. The number of nitrogens with one attached hydrogen (secondary N) is 3. The molecule has 0 saturated heterocycles. The fourth-order valence-corrected chi connectivity index (χ4v) is 3.61. The Morgan fingerprint density at radius 2 is 1.85 bits per heavy atom. The molecule has 2 amide bonds. The lowest BCUT2D eigenvalue weighted by Crippen LogP contribution is -2.37. The molecule has 1 aromatic carbocycles. The minimum Gasteiger partial charge on any atom is -0.351 e. The minimum atomic E-state index is -0.602. The van der Waals surface area contributed by atoms with Gasteiger partial charge in [0.25, 0.3) is 5.91 Å². The second kappa shape index (κ2) is 9.88. The van der Waals surface area contributed by atoms with Crippen LogP contribution in [0.15, 0.2) is 12.1 Å². The summed E-state index contributed by atoms with van der Waals surface area (Å²) in [6, 6.07) is 3.33. The molecule has 3 N–H and O–H groups in total. The third-order valence-electron chi connectivity index (χ3n) is 5.03. The maximum Gasteiger partial charge on any atom is 0.254 e. The molecule has 0 atom stereocenters. The van der Waals surface area contributed by atoms with Crippen molar-refractivity contribution in [1.29, 1.82) is 0 Å². The number of amides is 2. The number of hydrogen-bond acceptors (Lipinski definition) is 3. The van der Waals surface area contributed by atoms with Crippen molar-refractivity contribution < 1.29 is 14.0 Å². The van der Waals surface area contributed by atoms with E-state index in [1.807, 2.05) is 0 Å². The number of anilines is 1. The molecule has 144 valence electrons. The van der Waals surface area contributed by atoms with E-state index in [9.17, 15) is 14.0 Å². The summed E-state index contributed by atoms with van der Waals surface area (Å²) >= 11 is 0. The maximum absolute atomic E-state index is 14.2. The monoisotopic (exact) mass is 383 g/mol. The summed E-state index contributed by atoms with van der Waals surface area (Å²) < 4.78 is 14.2. The molecule has 1 aliphatic heterocycles. The predicted molar refractivity (Wildman–Crippen MR) is 102 cm³/mol. The predicted octanol–water partition coefficient (Wildman–Crippen LogP) is 3.17. The van der Waals surface area contributed by atoms with Crippen LogP contribution in [0.2, 0.25) is 0 Å².